The van der Waals surface area contributed by atoms with Gasteiger partial charge in [-0.25, -0.2) is 0 Å². The predicted octanol–water partition coefficient (Wildman–Crippen LogP) is 8.00. The molecule has 5 aliphatic rings. The third-order valence-electron chi connectivity index (χ3n) is 11.4. The molecule has 2 spiro atoms. The Morgan fingerprint density at radius 1 is 0.522 bits per heavy atom. The average molecular weight is 588 g/mol. The normalized spacial score (nSPS) is 18.4. The molecule has 1 atom stereocenters. The zero-order valence-electron chi connectivity index (χ0n) is 24.5. The number of hydrogen-bond donors (Lipinski definition) is 0. The lowest BCUT2D eigenvalue weighted by Crippen LogP contribution is -2.84. The fraction of sp³-hybridized carbons (Fsp3) is 0.0244. The van der Waals surface area contributed by atoms with Crippen LogP contribution in [0.1, 0.15) is 22.3 Å². The first-order chi connectivity index (χ1) is 22.8. The van der Waals surface area contributed by atoms with Crippen LogP contribution in [0, 0.1) is 0 Å². The second-order valence-corrected chi connectivity index (χ2v) is 13.1. The summed E-state index contributed by atoms with van der Waals surface area (Å²) in [6.07, 6.45) is 4.50. The Labute approximate surface area is 263 Å². The number of pyridine rings is 2. The minimum absolute atomic E-state index is 0.378. The number of nitrogens with zero attached hydrogens (tertiary/aromatic N) is 4. The van der Waals surface area contributed by atoms with Gasteiger partial charge in [0.15, 0.2) is 11.9 Å². The van der Waals surface area contributed by atoms with E-state index in [1.54, 1.807) is 0 Å². The van der Waals surface area contributed by atoms with Crippen molar-refractivity contribution in [2.45, 2.75) is 5.41 Å². The number of aromatic nitrogens is 3. The molecule has 1 unspecified atom stereocenters. The first-order valence-electron chi connectivity index (χ1n) is 15.9. The second-order valence-electron chi connectivity index (χ2n) is 13.1. The van der Waals surface area contributed by atoms with Crippen LogP contribution in [-0.4, -0.2) is 4.57 Å². The van der Waals surface area contributed by atoms with Crippen LogP contribution in [0.15, 0.2) is 140 Å². The van der Waals surface area contributed by atoms with Crippen molar-refractivity contribution >= 4 is 33.3 Å². The van der Waals surface area contributed by atoms with E-state index in [4.69, 9.17) is 4.74 Å². The van der Waals surface area contributed by atoms with Gasteiger partial charge in [0.05, 0.1) is 10.8 Å². The molecule has 0 amide bonds. The molecule has 0 saturated carbocycles. The monoisotopic (exact) mass is 587 g/mol. The van der Waals surface area contributed by atoms with E-state index in [-0.39, 0.29) is 0 Å². The molecule has 46 heavy (non-hydrogen) atoms. The fourth-order valence-electron chi connectivity index (χ4n) is 10.0. The van der Waals surface area contributed by atoms with Gasteiger partial charge < -0.3 is 4.74 Å². The minimum Gasteiger partial charge on any atom is -0.444 e. The Morgan fingerprint density at radius 2 is 1.22 bits per heavy atom. The Balaban J connectivity index is 1.37. The topological polar surface area (TPSA) is 21.9 Å². The summed E-state index contributed by atoms with van der Waals surface area (Å²) in [6, 6.07) is 47.2. The Morgan fingerprint density at radius 3 is 2.09 bits per heavy atom. The van der Waals surface area contributed by atoms with E-state index in [0.717, 1.165) is 22.9 Å². The summed E-state index contributed by atoms with van der Waals surface area (Å²) in [6.45, 7) is 0. The summed E-state index contributed by atoms with van der Waals surface area (Å²) in [4.78, 5) is 0. The van der Waals surface area contributed by atoms with Crippen molar-refractivity contribution in [1.82, 2.24) is 9.27 Å². The summed E-state index contributed by atoms with van der Waals surface area (Å²) >= 11 is 0. The zero-order valence-corrected chi connectivity index (χ0v) is 24.5. The second kappa shape index (κ2) is 6.94. The summed E-state index contributed by atoms with van der Waals surface area (Å²) in [7, 11) is 0. The molecule has 13 rings (SSSR count). The molecule has 7 heterocycles. The predicted molar refractivity (Wildman–Crippen MR) is 176 cm³/mol. The number of hydrogen-bond acceptors (Lipinski definition) is 1. The number of para-hydroxylation sites is 2. The summed E-state index contributed by atoms with van der Waals surface area (Å²) in [5.74, 6) is 1.78. The number of fused-ring (bicyclic) bond motifs is 10. The van der Waals surface area contributed by atoms with Crippen LogP contribution in [0.4, 0.5) is 11.4 Å². The quantitative estimate of drug-likeness (QED) is 0.130. The van der Waals surface area contributed by atoms with Gasteiger partial charge in [0, 0.05) is 38.0 Å². The number of rotatable bonds is 0. The van der Waals surface area contributed by atoms with Crippen LogP contribution < -0.4 is 18.8 Å². The highest BCUT2D eigenvalue weighted by atomic mass is 16.5. The van der Waals surface area contributed by atoms with Crippen LogP contribution in [0.2, 0.25) is 0 Å². The molecule has 4 aliphatic heterocycles. The smallest absolute Gasteiger partial charge is 0.352 e. The number of benzene rings is 5. The molecule has 3 aromatic heterocycles. The molecule has 210 valence electrons. The van der Waals surface area contributed by atoms with Gasteiger partial charge in [-0.2, -0.15) is 4.57 Å². The molecular weight excluding hydrogens is 564 g/mol. The molecule has 5 heteroatoms. The number of quaternary nitrogens is 1. The van der Waals surface area contributed by atoms with Crippen LogP contribution in [0.5, 0.6) is 11.5 Å². The van der Waals surface area contributed by atoms with Gasteiger partial charge in [0.25, 0.3) is 11.4 Å². The lowest BCUT2D eigenvalue weighted by molar-refractivity contribution is -1.02. The van der Waals surface area contributed by atoms with Crippen molar-refractivity contribution in [2.24, 2.45) is 0 Å². The summed E-state index contributed by atoms with van der Waals surface area (Å²) in [5.41, 5.74) is 15.8. The lowest BCUT2D eigenvalue weighted by Gasteiger charge is -2.40. The first kappa shape index (κ1) is 22.5. The Bertz CT molecular complexity index is 2740. The molecule has 0 saturated heterocycles. The van der Waals surface area contributed by atoms with E-state index in [1.165, 1.54) is 72.3 Å². The van der Waals surface area contributed by atoms with Gasteiger partial charge in [-0.3, -0.25) is 0 Å². The van der Waals surface area contributed by atoms with Crippen LogP contribution >= 0.6 is 0 Å². The SMILES string of the molecule is c1ccc2c(c1)-c1ccccc1C21c2ccc3c4c2-n2c5c1cccc5c1ccc[n+](c12)[N+]41c2c(cccc2-c2cccc[n+]21)O3. The van der Waals surface area contributed by atoms with Crippen LogP contribution in [0.25, 0.3) is 50.0 Å². The van der Waals surface area contributed by atoms with Gasteiger partial charge in [-0.1, -0.05) is 66.7 Å². The van der Waals surface area contributed by atoms with E-state index in [2.05, 4.69) is 154 Å². The molecule has 1 aliphatic carbocycles. The highest BCUT2D eigenvalue weighted by Gasteiger charge is 2.71. The van der Waals surface area contributed by atoms with Crippen molar-refractivity contribution in [3.05, 3.63) is 162 Å². The maximum atomic E-state index is 6.95. The Hall–Kier alpha value is -6.04. The molecule has 5 nitrogen and oxygen atoms in total. The maximum absolute atomic E-state index is 6.95. The van der Waals surface area contributed by atoms with Gasteiger partial charge in [-0.05, 0) is 70.8 Å². The van der Waals surface area contributed by atoms with E-state index in [9.17, 15) is 0 Å². The molecule has 0 bridgehead atoms. The zero-order chi connectivity index (χ0) is 29.5. The highest BCUT2D eigenvalue weighted by Crippen LogP contribution is 2.66. The largest absolute Gasteiger partial charge is 0.444 e. The van der Waals surface area contributed by atoms with Crippen molar-refractivity contribution < 1.29 is 14.1 Å². The first-order valence-corrected chi connectivity index (χ1v) is 15.9. The maximum Gasteiger partial charge on any atom is 0.352 e. The molecule has 8 aromatic rings. The van der Waals surface area contributed by atoms with Gasteiger partial charge >= 0.3 is 11.3 Å². The van der Waals surface area contributed by atoms with E-state index < -0.39 is 5.41 Å². The highest BCUT2D eigenvalue weighted by molar-refractivity contribution is 6.12. The third kappa shape index (κ3) is 1.98. The Kier molecular flexibility index (Phi) is 3.39. The van der Waals surface area contributed by atoms with Crippen LogP contribution in [-0.2, 0) is 5.41 Å². The fourth-order valence-corrected chi connectivity index (χ4v) is 10.0. The van der Waals surface area contributed by atoms with Gasteiger partial charge in [0.1, 0.15) is 15.8 Å². The average Bonchev–Trinajstić information content (AvgIpc) is 3.72. The summed E-state index contributed by atoms with van der Waals surface area (Å²) < 4.78 is 14.8. The molecule has 0 fully saturated rings. The van der Waals surface area contributed by atoms with E-state index in [1.807, 2.05) is 0 Å². The van der Waals surface area contributed by atoms with Gasteiger partial charge in [0.2, 0.25) is 17.6 Å². The molecule has 5 aromatic carbocycles. The van der Waals surface area contributed by atoms with Crippen molar-refractivity contribution in [1.29, 1.82) is 0 Å². The molecule has 0 radical (unpaired) electrons. The minimum atomic E-state index is -0.489. The molecule has 0 N–H and O–H groups in total. The van der Waals surface area contributed by atoms with E-state index >= 15 is 0 Å². The molecular formula is C41H23N4O+3. The standard InChI is InChI=1S/C41H23N4O/c1-3-15-29-24(10-1)25-11-2-4-16-30(25)41(29)31-17-7-12-26-27-14-9-23-43-40(27)44(36(26)31)37-32(41)20-21-35-39(37)45(43)38-28(13-8-19-34(38)46-35)33-18-5-6-22-42(33)45/h1-23H/q+3. The van der Waals surface area contributed by atoms with Gasteiger partial charge in [-0.15, -0.1) is 0 Å². The van der Waals surface area contributed by atoms with Crippen molar-refractivity contribution in [2.75, 3.05) is 0 Å². The summed E-state index contributed by atoms with van der Waals surface area (Å²) in [5, 5.41) is 2.53. The van der Waals surface area contributed by atoms with Crippen LogP contribution in [0.3, 0.4) is 0 Å². The van der Waals surface area contributed by atoms with Crippen molar-refractivity contribution in [3.8, 4) is 39.6 Å². The van der Waals surface area contributed by atoms with Crippen molar-refractivity contribution in [3.63, 3.8) is 0 Å². The van der Waals surface area contributed by atoms with E-state index in [0.29, 0.717) is 4.70 Å². The number of ether oxygens (including phenoxy) is 1. The third-order valence-corrected chi connectivity index (χ3v) is 11.4. The lowest BCUT2D eigenvalue weighted by atomic mass is 9.65.